The van der Waals surface area contributed by atoms with Crippen LogP contribution in [0.3, 0.4) is 0 Å². The zero-order chi connectivity index (χ0) is 30.0. The molecule has 0 fully saturated rings. The molecule has 0 saturated heterocycles. The summed E-state index contributed by atoms with van der Waals surface area (Å²) in [6, 6.07) is 21.2. The van der Waals surface area contributed by atoms with Crippen LogP contribution in [0.4, 0.5) is 4.39 Å². The summed E-state index contributed by atoms with van der Waals surface area (Å²) in [7, 11) is 1.53. The maximum absolute atomic E-state index is 14.5. The molecular weight excluding hydrogens is 553 g/mol. The molecule has 0 saturated carbocycles. The quantitative estimate of drug-likeness (QED) is 0.168. The number of nitrogens with two attached hydrogens (primary N) is 1. The first-order valence-electron chi connectivity index (χ1n) is 14.3. The molecule has 4 heterocycles. The van der Waals surface area contributed by atoms with Gasteiger partial charge in [0.25, 0.3) is 0 Å². The van der Waals surface area contributed by atoms with Crippen molar-refractivity contribution in [3.63, 3.8) is 0 Å². The van der Waals surface area contributed by atoms with E-state index in [0.29, 0.717) is 30.0 Å². The largest absolute Gasteiger partial charge is 0.497 e. The van der Waals surface area contributed by atoms with E-state index in [2.05, 4.69) is 43.7 Å². The maximum atomic E-state index is 14.5. The van der Waals surface area contributed by atoms with Crippen LogP contribution in [0, 0.1) is 5.82 Å². The van der Waals surface area contributed by atoms with Gasteiger partial charge in [-0.25, -0.2) is 4.39 Å². The highest BCUT2D eigenvalue weighted by atomic mass is 19.1. The van der Waals surface area contributed by atoms with Crippen LogP contribution in [0.5, 0.6) is 5.75 Å². The number of aromatic nitrogens is 5. The molecule has 1 aliphatic rings. The topological polar surface area (TPSA) is 118 Å². The van der Waals surface area contributed by atoms with Gasteiger partial charge in [-0.1, -0.05) is 36.4 Å². The first-order valence-corrected chi connectivity index (χ1v) is 14.3. The second-order valence-electron chi connectivity index (χ2n) is 10.8. The van der Waals surface area contributed by atoms with Crippen molar-refractivity contribution in [2.24, 2.45) is 5.73 Å². The number of fused-ring (bicyclic) bond motifs is 2. The molecule has 0 bridgehead atoms. The lowest BCUT2D eigenvalue weighted by atomic mass is 9.97. The highest BCUT2D eigenvalue weighted by Crippen LogP contribution is 2.37. The minimum Gasteiger partial charge on any atom is -0.497 e. The molecule has 9 heteroatoms. The summed E-state index contributed by atoms with van der Waals surface area (Å²) >= 11 is 0. The van der Waals surface area contributed by atoms with E-state index >= 15 is 0 Å². The Labute approximate surface area is 253 Å². The van der Waals surface area contributed by atoms with E-state index in [9.17, 15) is 4.39 Å². The van der Waals surface area contributed by atoms with E-state index in [1.807, 2.05) is 60.9 Å². The van der Waals surface area contributed by atoms with Gasteiger partial charge in [0.15, 0.2) is 0 Å². The average Bonchev–Trinajstić information content (AvgIpc) is 3.61. The Morgan fingerprint density at radius 2 is 1.80 bits per heavy atom. The van der Waals surface area contributed by atoms with Crippen molar-refractivity contribution in [3.05, 3.63) is 137 Å². The first-order chi connectivity index (χ1) is 21.5. The fourth-order valence-corrected chi connectivity index (χ4v) is 5.59. The third-order valence-corrected chi connectivity index (χ3v) is 7.75. The van der Waals surface area contributed by atoms with Gasteiger partial charge in [-0.3, -0.25) is 15.1 Å². The Kier molecular flexibility index (Phi) is 7.21. The molecule has 0 radical (unpaired) electrons. The van der Waals surface area contributed by atoms with Crippen LogP contribution in [0.1, 0.15) is 27.9 Å². The number of aromatic amines is 2. The molecule has 218 valence electrons. The van der Waals surface area contributed by atoms with Crippen LogP contribution in [-0.4, -0.2) is 32.3 Å². The second kappa shape index (κ2) is 11.6. The zero-order valence-corrected chi connectivity index (χ0v) is 24.1. The average molecular weight is 584 g/mol. The molecule has 0 amide bonds. The molecule has 6 aromatic rings. The number of hydrogen-bond donors (Lipinski definition) is 4. The minimum absolute atomic E-state index is 0.373. The Morgan fingerprint density at radius 3 is 2.66 bits per heavy atom. The van der Waals surface area contributed by atoms with Crippen molar-refractivity contribution in [2.45, 2.75) is 19.5 Å². The van der Waals surface area contributed by atoms with Crippen LogP contribution in [-0.2, 0) is 19.5 Å². The molecule has 8 nitrogen and oxygen atoms in total. The number of ether oxygens (including phenoxy) is 1. The summed E-state index contributed by atoms with van der Waals surface area (Å²) < 4.78 is 19.8. The van der Waals surface area contributed by atoms with Gasteiger partial charge in [0.1, 0.15) is 17.3 Å². The second-order valence-corrected chi connectivity index (χ2v) is 10.8. The number of nitrogens with one attached hydrogen (secondary N) is 3. The number of H-pyrrole nitrogens is 2. The molecule has 2 aromatic carbocycles. The molecule has 0 unspecified atom stereocenters. The smallest absolute Gasteiger partial charge is 0.127 e. The van der Waals surface area contributed by atoms with Gasteiger partial charge in [0, 0.05) is 65.9 Å². The molecule has 0 atom stereocenters. The van der Waals surface area contributed by atoms with Crippen molar-refractivity contribution in [2.75, 3.05) is 7.11 Å². The number of halogens is 1. The first kappa shape index (κ1) is 27.3. The summed E-state index contributed by atoms with van der Waals surface area (Å²) in [5.41, 5.74) is 16.8. The Bertz CT molecular complexity index is 2040. The normalized spacial score (nSPS) is 12.9. The van der Waals surface area contributed by atoms with Gasteiger partial charge < -0.3 is 20.8 Å². The predicted molar refractivity (Wildman–Crippen MR) is 170 cm³/mol. The molecule has 5 N–H and O–H groups in total. The number of allylic oxidation sites excluding steroid dienone is 3. The summed E-state index contributed by atoms with van der Waals surface area (Å²) in [6.45, 7) is 1.46. The van der Waals surface area contributed by atoms with Crippen LogP contribution in [0.2, 0.25) is 0 Å². The number of benzene rings is 2. The predicted octanol–water partition coefficient (Wildman–Crippen LogP) is 6.28. The number of pyridine rings is 2. The molecule has 4 aromatic heterocycles. The molecular formula is C35H30FN7O. The number of methoxy groups -OCH3 is 1. The van der Waals surface area contributed by atoms with Crippen molar-refractivity contribution in [1.29, 1.82) is 0 Å². The van der Waals surface area contributed by atoms with Crippen LogP contribution in [0.15, 0.2) is 103 Å². The lowest BCUT2D eigenvalue weighted by molar-refractivity contribution is 0.411. The fourth-order valence-electron chi connectivity index (χ4n) is 5.59. The van der Waals surface area contributed by atoms with Crippen LogP contribution in [0.25, 0.3) is 39.1 Å². The zero-order valence-electron chi connectivity index (χ0n) is 24.1. The van der Waals surface area contributed by atoms with E-state index in [1.54, 1.807) is 6.20 Å². The SMILES string of the molecule is COc1cc(F)cc(C2=CC=C(N)Cc3[nH]c(-c4n[nH]c5cnc(-c6cncc(CNCc7ccccc7)c6)cc45)cc32)c1. The number of rotatable bonds is 8. The van der Waals surface area contributed by atoms with E-state index in [4.69, 9.17) is 15.5 Å². The minimum atomic E-state index is -0.373. The van der Waals surface area contributed by atoms with Crippen molar-refractivity contribution in [1.82, 2.24) is 30.5 Å². The van der Waals surface area contributed by atoms with Crippen molar-refractivity contribution < 1.29 is 9.13 Å². The fraction of sp³-hybridized carbons (Fsp3) is 0.114. The van der Waals surface area contributed by atoms with Gasteiger partial charge in [-0.15, -0.1) is 0 Å². The van der Waals surface area contributed by atoms with Crippen LogP contribution >= 0.6 is 0 Å². The molecule has 7 rings (SSSR count). The van der Waals surface area contributed by atoms with Gasteiger partial charge in [-0.05, 0) is 58.7 Å². The summed E-state index contributed by atoms with van der Waals surface area (Å²) in [5, 5.41) is 12.2. The van der Waals surface area contributed by atoms with Crippen LogP contribution < -0.4 is 15.8 Å². The molecule has 0 spiro atoms. The third kappa shape index (κ3) is 5.48. The van der Waals surface area contributed by atoms with Gasteiger partial charge in [0.2, 0.25) is 0 Å². The van der Waals surface area contributed by atoms with E-state index in [-0.39, 0.29) is 5.82 Å². The maximum Gasteiger partial charge on any atom is 0.127 e. The Morgan fingerprint density at radius 1 is 0.932 bits per heavy atom. The van der Waals surface area contributed by atoms with Crippen molar-refractivity contribution >= 4 is 16.5 Å². The standard InChI is InChI=1S/C35H30FN7O/c1-44-27-11-23(10-25(36)12-27)28-8-7-26(37)13-32-29(28)14-33(41-32)35-30-15-31(40-20-34(30)42-43-35)24-9-22(18-39-19-24)17-38-16-21-5-3-2-4-6-21/h2-12,14-15,18-20,38,41H,13,16-17,37H2,1H3,(H,42,43). The number of hydrogen-bond acceptors (Lipinski definition) is 6. The monoisotopic (exact) mass is 583 g/mol. The van der Waals surface area contributed by atoms with E-state index < -0.39 is 0 Å². The molecule has 1 aliphatic carbocycles. The Balaban J connectivity index is 1.20. The highest BCUT2D eigenvalue weighted by Gasteiger charge is 2.21. The van der Waals surface area contributed by atoms with E-state index in [0.717, 1.165) is 62.5 Å². The van der Waals surface area contributed by atoms with Gasteiger partial charge in [0.05, 0.1) is 30.2 Å². The van der Waals surface area contributed by atoms with E-state index in [1.165, 1.54) is 24.8 Å². The summed E-state index contributed by atoms with van der Waals surface area (Å²) in [4.78, 5) is 12.7. The summed E-state index contributed by atoms with van der Waals surface area (Å²) in [5.74, 6) is 0.0749. The van der Waals surface area contributed by atoms with Gasteiger partial charge in [-0.2, -0.15) is 5.10 Å². The lowest BCUT2D eigenvalue weighted by Gasteiger charge is -2.09. The number of nitrogens with zero attached hydrogens (tertiary/aromatic N) is 3. The Hall–Kier alpha value is -5.54. The highest BCUT2D eigenvalue weighted by molar-refractivity contribution is 5.95. The molecule has 0 aliphatic heterocycles. The summed E-state index contributed by atoms with van der Waals surface area (Å²) in [6.07, 6.45) is 9.79. The van der Waals surface area contributed by atoms with Gasteiger partial charge >= 0.3 is 0 Å². The van der Waals surface area contributed by atoms with Crippen molar-refractivity contribution in [3.8, 4) is 28.4 Å². The third-order valence-electron chi connectivity index (χ3n) is 7.75. The lowest BCUT2D eigenvalue weighted by Crippen LogP contribution is -2.12. The molecule has 44 heavy (non-hydrogen) atoms.